The summed E-state index contributed by atoms with van der Waals surface area (Å²) in [6, 6.07) is 6.99. The number of non-ortho nitro benzene ring substituents is 2. The van der Waals surface area contributed by atoms with Crippen molar-refractivity contribution >= 4 is 46.6 Å². The van der Waals surface area contributed by atoms with Crippen LogP contribution >= 0.6 is 0 Å². The third-order valence-corrected chi connectivity index (χ3v) is 5.78. The molecule has 0 aliphatic heterocycles. The lowest BCUT2D eigenvalue weighted by atomic mass is 10.2. The Kier molecular flexibility index (Phi) is 13.1. The molecule has 0 aliphatic carbocycles. The van der Waals surface area contributed by atoms with Gasteiger partial charge >= 0.3 is 23.9 Å². The Morgan fingerprint density at radius 2 is 0.886 bits per heavy atom. The van der Waals surface area contributed by atoms with Gasteiger partial charge in [-0.25, -0.2) is 0 Å². The average Bonchev–Trinajstić information content (AvgIpc) is 3.01. The van der Waals surface area contributed by atoms with E-state index >= 15 is 0 Å². The predicted octanol–water partition coefficient (Wildman–Crippen LogP) is 1.27. The molecule has 44 heavy (non-hydrogen) atoms. The van der Waals surface area contributed by atoms with Crippen LogP contribution in [0.15, 0.2) is 36.4 Å². The van der Waals surface area contributed by atoms with E-state index in [1.165, 1.54) is 21.9 Å². The molecule has 2 rings (SSSR count). The van der Waals surface area contributed by atoms with Crippen molar-refractivity contribution in [3.63, 3.8) is 0 Å². The molecule has 0 saturated heterocycles. The first-order valence-corrected chi connectivity index (χ1v) is 12.5. The van der Waals surface area contributed by atoms with Gasteiger partial charge in [0.25, 0.3) is 11.4 Å². The lowest BCUT2D eigenvalue weighted by molar-refractivity contribution is -0.385. The number of methoxy groups -OCH3 is 4. The molecule has 0 bridgehead atoms. The van der Waals surface area contributed by atoms with Crippen molar-refractivity contribution in [3.8, 4) is 11.5 Å². The molecule has 0 fully saturated rings. The summed E-state index contributed by atoms with van der Waals surface area (Å²) in [6.07, 6.45) is 0. The third-order valence-electron chi connectivity index (χ3n) is 5.78. The smallest absolute Gasteiger partial charge is 0.325 e. The van der Waals surface area contributed by atoms with E-state index in [4.69, 9.17) is 9.47 Å². The Balaban J connectivity index is 2.38. The first kappa shape index (κ1) is 34.5. The standard InChI is InChI=1S/C26H30N4O14/c1-39-23(31)13-27(14-24(32)40-2)19-7-5-17(29(35)36)11-21(19)43-9-10-44-22-12-18(30(37)38)6-8-20(22)28(15-25(33)41-3)16-26(34)42-4/h5-8,11-12H,9-10,13-16H2,1-4H3. The largest absolute Gasteiger partial charge is 0.488 e. The van der Waals surface area contributed by atoms with E-state index in [0.717, 1.165) is 52.7 Å². The van der Waals surface area contributed by atoms with Crippen molar-refractivity contribution in [3.05, 3.63) is 56.6 Å². The number of hydrogen-bond acceptors (Lipinski definition) is 16. The van der Waals surface area contributed by atoms with Gasteiger partial charge in [0, 0.05) is 12.1 Å². The fraction of sp³-hybridized carbons (Fsp3) is 0.385. The van der Waals surface area contributed by atoms with Gasteiger partial charge in [-0.2, -0.15) is 0 Å². The summed E-state index contributed by atoms with van der Waals surface area (Å²) >= 11 is 0. The zero-order valence-electron chi connectivity index (χ0n) is 24.2. The van der Waals surface area contributed by atoms with E-state index in [-0.39, 0.29) is 47.5 Å². The Morgan fingerprint density at radius 3 is 1.14 bits per heavy atom. The Bertz CT molecular complexity index is 1240. The van der Waals surface area contributed by atoms with Crippen LogP contribution in [0.1, 0.15) is 0 Å². The van der Waals surface area contributed by atoms with Crippen LogP contribution in [0, 0.1) is 20.2 Å². The maximum atomic E-state index is 12.0. The fourth-order valence-corrected chi connectivity index (χ4v) is 3.62. The van der Waals surface area contributed by atoms with Crippen LogP contribution in [-0.4, -0.2) is 102 Å². The summed E-state index contributed by atoms with van der Waals surface area (Å²) in [6.45, 7) is -2.30. The molecule has 0 amide bonds. The number of carbonyl (C=O) groups is 4. The zero-order chi connectivity index (χ0) is 32.8. The maximum Gasteiger partial charge on any atom is 0.325 e. The highest BCUT2D eigenvalue weighted by Gasteiger charge is 2.24. The molecule has 238 valence electrons. The van der Waals surface area contributed by atoms with Crippen LogP contribution < -0.4 is 19.3 Å². The minimum atomic E-state index is -0.719. The molecular weight excluding hydrogens is 592 g/mol. The van der Waals surface area contributed by atoms with Crippen LogP contribution in [0.25, 0.3) is 0 Å². The molecule has 0 N–H and O–H groups in total. The molecular formula is C26H30N4O14. The molecule has 18 nitrogen and oxygen atoms in total. The molecule has 0 heterocycles. The number of carbonyl (C=O) groups excluding carboxylic acids is 4. The topological polar surface area (TPSA) is 216 Å². The summed E-state index contributed by atoms with van der Waals surface area (Å²) in [5.74, 6) is -3.08. The lowest BCUT2D eigenvalue weighted by Gasteiger charge is -2.25. The van der Waals surface area contributed by atoms with Crippen LogP contribution in [-0.2, 0) is 38.1 Å². The van der Waals surface area contributed by atoms with Gasteiger partial charge in [0.05, 0.1) is 61.8 Å². The van der Waals surface area contributed by atoms with Crippen molar-refractivity contribution in [2.75, 3.05) is 77.6 Å². The Labute approximate surface area is 250 Å². The normalized spacial score (nSPS) is 10.2. The number of esters is 4. The molecule has 0 atom stereocenters. The summed E-state index contributed by atoms with van der Waals surface area (Å²) in [5.41, 5.74) is -0.486. The maximum absolute atomic E-state index is 12.0. The van der Waals surface area contributed by atoms with Crippen molar-refractivity contribution in [1.29, 1.82) is 0 Å². The van der Waals surface area contributed by atoms with E-state index in [0.29, 0.717) is 0 Å². The summed E-state index contributed by atoms with van der Waals surface area (Å²) < 4.78 is 30.2. The second-order valence-electron chi connectivity index (χ2n) is 8.53. The Morgan fingerprint density at radius 1 is 0.591 bits per heavy atom. The average molecular weight is 623 g/mol. The monoisotopic (exact) mass is 622 g/mol. The molecule has 0 aromatic heterocycles. The number of ether oxygens (including phenoxy) is 6. The fourth-order valence-electron chi connectivity index (χ4n) is 3.62. The van der Waals surface area contributed by atoms with Gasteiger partial charge < -0.3 is 38.2 Å². The molecule has 2 aromatic rings. The third kappa shape index (κ3) is 10.00. The molecule has 0 radical (unpaired) electrons. The molecule has 18 heteroatoms. The highest BCUT2D eigenvalue weighted by Crippen LogP contribution is 2.34. The van der Waals surface area contributed by atoms with Crippen LogP contribution in [0.2, 0.25) is 0 Å². The Hall–Kier alpha value is -5.68. The lowest BCUT2D eigenvalue weighted by Crippen LogP contribution is -2.36. The number of benzene rings is 2. The van der Waals surface area contributed by atoms with Gasteiger partial charge in [0.1, 0.15) is 50.9 Å². The van der Waals surface area contributed by atoms with E-state index in [2.05, 4.69) is 18.9 Å². The minimum Gasteiger partial charge on any atom is -0.488 e. The number of nitro benzene ring substituents is 2. The van der Waals surface area contributed by atoms with Crippen molar-refractivity contribution in [2.24, 2.45) is 0 Å². The second kappa shape index (κ2) is 16.7. The number of hydrogen-bond donors (Lipinski definition) is 0. The number of nitrogens with zero attached hydrogens (tertiary/aromatic N) is 4. The molecule has 0 spiro atoms. The van der Waals surface area contributed by atoms with Crippen molar-refractivity contribution < 1.29 is 57.4 Å². The highest BCUT2D eigenvalue weighted by molar-refractivity contribution is 5.84. The number of anilines is 2. The van der Waals surface area contributed by atoms with Gasteiger partial charge in [0.15, 0.2) is 0 Å². The molecule has 0 unspecified atom stereocenters. The summed E-state index contributed by atoms with van der Waals surface area (Å²) in [4.78, 5) is 72.0. The zero-order valence-corrected chi connectivity index (χ0v) is 24.2. The quantitative estimate of drug-likeness (QED) is 0.0797. The van der Waals surface area contributed by atoms with Crippen LogP contribution in [0.5, 0.6) is 11.5 Å². The van der Waals surface area contributed by atoms with Crippen molar-refractivity contribution in [2.45, 2.75) is 0 Å². The first-order chi connectivity index (χ1) is 20.9. The second-order valence-corrected chi connectivity index (χ2v) is 8.53. The number of rotatable bonds is 17. The van der Waals surface area contributed by atoms with Gasteiger partial charge in [-0.1, -0.05) is 0 Å². The minimum absolute atomic E-state index is 0.104. The highest BCUT2D eigenvalue weighted by atomic mass is 16.6. The van der Waals surface area contributed by atoms with Crippen LogP contribution in [0.4, 0.5) is 22.7 Å². The van der Waals surface area contributed by atoms with Gasteiger partial charge in [-0.05, 0) is 12.1 Å². The van der Waals surface area contributed by atoms with Gasteiger partial charge in [0.2, 0.25) is 0 Å². The summed E-state index contributed by atoms with van der Waals surface area (Å²) in [5, 5.41) is 22.8. The van der Waals surface area contributed by atoms with E-state index in [1.54, 1.807) is 0 Å². The van der Waals surface area contributed by atoms with Crippen molar-refractivity contribution in [1.82, 2.24) is 0 Å². The van der Waals surface area contributed by atoms with Crippen LogP contribution in [0.3, 0.4) is 0 Å². The molecule has 0 aliphatic rings. The van der Waals surface area contributed by atoms with E-state index in [9.17, 15) is 39.4 Å². The van der Waals surface area contributed by atoms with Gasteiger partial charge in [-0.15, -0.1) is 0 Å². The molecule has 0 saturated carbocycles. The first-order valence-electron chi connectivity index (χ1n) is 12.5. The predicted molar refractivity (Wildman–Crippen MR) is 150 cm³/mol. The van der Waals surface area contributed by atoms with E-state index < -0.39 is 59.9 Å². The molecule has 2 aromatic carbocycles. The van der Waals surface area contributed by atoms with E-state index in [1.807, 2.05) is 0 Å². The SMILES string of the molecule is COC(=O)CN(CC(=O)OC)c1ccc([N+](=O)[O-])cc1OCCOc1cc([N+](=O)[O-])ccc1N(CC(=O)OC)CC(=O)OC. The number of nitro groups is 2. The van der Waals surface area contributed by atoms with Gasteiger partial charge in [-0.3, -0.25) is 39.4 Å². The summed E-state index contributed by atoms with van der Waals surface area (Å²) in [7, 11) is 4.57.